The summed E-state index contributed by atoms with van der Waals surface area (Å²) in [5.74, 6) is 1.53. The molecule has 92 valence electrons. The molecular weight excluding hydrogens is 184 g/mol. The lowest BCUT2D eigenvalue weighted by molar-refractivity contribution is 0.439. The summed E-state index contributed by atoms with van der Waals surface area (Å²) in [7, 11) is 0. The Bertz CT molecular complexity index is 124. The molecule has 0 amide bonds. The van der Waals surface area contributed by atoms with Crippen molar-refractivity contribution in [1.29, 1.82) is 0 Å². The molecule has 15 heavy (non-hydrogen) atoms. The van der Waals surface area contributed by atoms with Crippen molar-refractivity contribution in [1.82, 2.24) is 5.32 Å². The van der Waals surface area contributed by atoms with E-state index in [1.807, 2.05) is 0 Å². The van der Waals surface area contributed by atoms with Gasteiger partial charge in [0.1, 0.15) is 0 Å². The SMILES string of the molecule is CCCC(CN)CNCCCCC(C)C. The smallest absolute Gasteiger partial charge is 0.000846 e. The molecule has 0 aromatic heterocycles. The molecule has 0 aliphatic rings. The Morgan fingerprint density at radius 1 is 1.13 bits per heavy atom. The Morgan fingerprint density at radius 3 is 2.40 bits per heavy atom. The van der Waals surface area contributed by atoms with E-state index in [0.717, 1.165) is 25.6 Å². The first-order chi connectivity index (χ1) is 7.20. The van der Waals surface area contributed by atoms with Gasteiger partial charge in [-0.1, -0.05) is 40.0 Å². The van der Waals surface area contributed by atoms with Crippen LogP contribution in [0.25, 0.3) is 0 Å². The molecule has 0 aromatic rings. The van der Waals surface area contributed by atoms with E-state index in [1.54, 1.807) is 0 Å². The molecule has 0 aliphatic carbocycles. The van der Waals surface area contributed by atoms with E-state index < -0.39 is 0 Å². The molecule has 0 rings (SSSR count). The van der Waals surface area contributed by atoms with Gasteiger partial charge in [-0.15, -0.1) is 0 Å². The first-order valence-corrected chi connectivity index (χ1v) is 6.61. The zero-order valence-electron chi connectivity index (χ0n) is 10.9. The largest absolute Gasteiger partial charge is 0.330 e. The zero-order valence-corrected chi connectivity index (χ0v) is 10.9. The lowest BCUT2D eigenvalue weighted by atomic mass is 10.0. The van der Waals surface area contributed by atoms with Gasteiger partial charge in [-0.3, -0.25) is 0 Å². The number of hydrogen-bond donors (Lipinski definition) is 2. The molecule has 0 saturated heterocycles. The number of rotatable bonds is 10. The number of nitrogens with two attached hydrogens (primary N) is 1. The van der Waals surface area contributed by atoms with Crippen molar-refractivity contribution in [3.05, 3.63) is 0 Å². The van der Waals surface area contributed by atoms with Gasteiger partial charge in [0.25, 0.3) is 0 Å². The Kier molecular flexibility index (Phi) is 10.4. The zero-order chi connectivity index (χ0) is 11.5. The second-order valence-corrected chi connectivity index (χ2v) is 4.98. The van der Waals surface area contributed by atoms with Gasteiger partial charge in [-0.2, -0.15) is 0 Å². The molecule has 0 bridgehead atoms. The van der Waals surface area contributed by atoms with Crippen LogP contribution in [0.4, 0.5) is 0 Å². The van der Waals surface area contributed by atoms with Gasteiger partial charge < -0.3 is 11.1 Å². The van der Waals surface area contributed by atoms with Crippen molar-refractivity contribution >= 4 is 0 Å². The van der Waals surface area contributed by atoms with Crippen LogP contribution in [0.1, 0.15) is 52.9 Å². The van der Waals surface area contributed by atoms with E-state index in [9.17, 15) is 0 Å². The first kappa shape index (κ1) is 14.9. The van der Waals surface area contributed by atoms with Gasteiger partial charge >= 0.3 is 0 Å². The van der Waals surface area contributed by atoms with Gasteiger partial charge in [0.05, 0.1) is 0 Å². The van der Waals surface area contributed by atoms with Crippen LogP contribution in [0.2, 0.25) is 0 Å². The normalized spacial score (nSPS) is 13.4. The van der Waals surface area contributed by atoms with Gasteiger partial charge in [-0.25, -0.2) is 0 Å². The molecule has 0 aliphatic heterocycles. The monoisotopic (exact) mass is 214 g/mol. The first-order valence-electron chi connectivity index (χ1n) is 6.61. The maximum atomic E-state index is 5.70. The summed E-state index contributed by atoms with van der Waals surface area (Å²) in [6.45, 7) is 9.90. The topological polar surface area (TPSA) is 38.0 Å². The Hall–Kier alpha value is -0.0800. The third kappa shape index (κ3) is 10.2. The minimum atomic E-state index is 0.681. The third-order valence-corrected chi connectivity index (χ3v) is 2.85. The molecule has 2 nitrogen and oxygen atoms in total. The van der Waals surface area contributed by atoms with E-state index in [2.05, 4.69) is 26.1 Å². The van der Waals surface area contributed by atoms with E-state index in [1.165, 1.54) is 32.1 Å². The van der Waals surface area contributed by atoms with Crippen LogP contribution in [0.5, 0.6) is 0 Å². The van der Waals surface area contributed by atoms with Crippen molar-refractivity contribution in [3.63, 3.8) is 0 Å². The number of unbranched alkanes of at least 4 members (excludes halogenated alkanes) is 1. The average Bonchev–Trinajstić information content (AvgIpc) is 2.21. The van der Waals surface area contributed by atoms with Crippen LogP contribution in [0.15, 0.2) is 0 Å². The molecule has 0 fully saturated rings. The summed E-state index contributed by atoms with van der Waals surface area (Å²) < 4.78 is 0. The predicted molar refractivity (Wildman–Crippen MR) is 69.0 cm³/mol. The fraction of sp³-hybridized carbons (Fsp3) is 1.00. The van der Waals surface area contributed by atoms with Gasteiger partial charge in [0, 0.05) is 0 Å². The Balaban J connectivity index is 3.21. The molecule has 0 saturated carbocycles. The summed E-state index contributed by atoms with van der Waals surface area (Å²) in [6.07, 6.45) is 6.52. The quantitative estimate of drug-likeness (QED) is 0.549. The molecule has 0 spiro atoms. The van der Waals surface area contributed by atoms with Crippen molar-refractivity contribution in [2.75, 3.05) is 19.6 Å². The number of nitrogens with one attached hydrogen (secondary N) is 1. The number of hydrogen-bond acceptors (Lipinski definition) is 2. The minimum absolute atomic E-state index is 0.681. The predicted octanol–water partition coefficient (Wildman–Crippen LogP) is 2.78. The lowest BCUT2D eigenvalue weighted by Gasteiger charge is -2.14. The summed E-state index contributed by atoms with van der Waals surface area (Å²) in [5, 5.41) is 3.51. The maximum Gasteiger partial charge on any atom is -0.000846 e. The van der Waals surface area contributed by atoms with Crippen molar-refractivity contribution < 1.29 is 0 Å². The van der Waals surface area contributed by atoms with Crippen LogP contribution in [0.3, 0.4) is 0 Å². The van der Waals surface area contributed by atoms with E-state index in [-0.39, 0.29) is 0 Å². The highest BCUT2D eigenvalue weighted by Gasteiger charge is 2.03. The fourth-order valence-electron chi connectivity index (χ4n) is 1.82. The molecule has 3 N–H and O–H groups in total. The van der Waals surface area contributed by atoms with Gasteiger partial charge in [0.15, 0.2) is 0 Å². The van der Waals surface area contributed by atoms with Crippen molar-refractivity contribution in [2.24, 2.45) is 17.6 Å². The van der Waals surface area contributed by atoms with Crippen molar-refractivity contribution in [3.8, 4) is 0 Å². The van der Waals surface area contributed by atoms with Crippen molar-refractivity contribution in [2.45, 2.75) is 52.9 Å². The molecule has 0 radical (unpaired) electrons. The summed E-state index contributed by atoms with van der Waals surface area (Å²) in [4.78, 5) is 0. The highest BCUT2D eigenvalue weighted by atomic mass is 14.9. The molecule has 1 unspecified atom stereocenters. The molecule has 1 atom stereocenters. The molecule has 0 heterocycles. The summed E-state index contributed by atoms with van der Waals surface area (Å²) >= 11 is 0. The van der Waals surface area contributed by atoms with Gasteiger partial charge in [-0.05, 0) is 44.3 Å². The second kappa shape index (κ2) is 10.4. The standard InChI is InChI=1S/C13H30N2/c1-4-7-13(10-14)11-15-9-6-5-8-12(2)3/h12-13,15H,4-11,14H2,1-3H3. The van der Waals surface area contributed by atoms with Crippen LogP contribution in [-0.2, 0) is 0 Å². The minimum Gasteiger partial charge on any atom is -0.330 e. The van der Waals surface area contributed by atoms with Crippen LogP contribution >= 0.6 is 0 Å². The van der Waals surface area contributed by atoms with E-state index >= 15 is 0 Å². The summed E-state index contributed by atoms with van der Waals surface area (Å²) in [6, 6.07) is 0. The van der Waals surface area contributed by atoms with Crippen LogP contribution in [0, 0.1) is 11.8 Å². The maximum absolute atomic E-state index is 5.70. The highest BCUT2D eigenvalue weighted by Crippen LogP contribution is 2.06. The second-order valence-electron chi connectivity index (χ2n) is 4.98. The summed E-state index contributed by atoms with van der Waals surface area (Å²) in [5.41, 5.74) is 5.70. The Morgan fingerprint density at radius 2 is 1.87 bits per heavy atom. The van der Waals surface area contributed by atoms with E-state index in [0.29, 0.717) is 5.92 Å². The molecular formula is C13H30N2. The fourth-order valence-corrected chi connectivity index (χ4v) is 1.82. The third-order valence-electron chi connectivity index (χ3n) is 2.85. The van der Waals surface area contributed by atoms with Crippen LogP contribution in [-0.4, -0.2) is 19.6 Å². The molecule has 2 heteroatoms. The average molecular weight is 214 g/mol. The Labute approximate surface area is 96.0 Å². The lowest BCUT2D eigenvalue weighted by Crippen LogP contribution is -2.28. The van der Waals surface area contributed by atoms with Gasteiger partial charge in [0.2, 0.25) is 0 Å². The van der Waals surface area contributed by atoms with E-state index in [4.69, 9.17) is 5.73 Å². The molecule has 0 aromatic carbocycles. The van der Waals surface area contributed by atoms with Crippen LogP contribution < -0.4 is 11.1 Å². The highest BCUT2D eigenvalue weighted by molar-refractivity contribution is 4.62.